The Balaban J connectivity index is 2.04. The number of halogens is 1. The van der Waals surface area contributed by atoms with Crippen LogP contribution in [0.5, 0.6) is 5.75 Å². The highest BCUT2D eigenvalue weighted by atomic mass is 19.1. The number of hydrogen-bond donors (Lipinski definition) is 2. The zero-order valence-corrected chi connectivity index (χ0v) is 12.5. The number of hydrogen-bond acceptors (Lipinski definition) is 5. The molecule has 3 rings (SSSR count). The summed E-state index contributed by atoms with van der Waals surface area (Å²) in [5.74, 6) is -1.73. The highest BCUT2D eigenvalue weighted by Crippen LogP contribution is 2.42. The Morgan fingerprint density at radius 2 is 2.17 bits per heavy atom. The van der Waals surface area contributed by atoms with Gasteiger partial charge in [-0.15, -0.1) is 0 Å². The van der Waals surface area contributed by atoms with Gasteiger partial charge in [-0.05, 0) is 32.0 Å². The molecule has 0 aliphatic carbocycles. The number of imide groups is 1. The SMILES string of the molecule is CC(C)OC(=O)[C@@H]1C[C@]2(NC(=O)NC2=O)c2cc(F)ccc2O1. The van der Waals surface area contributed by atoms with Gasteiger partial charge in [0.15, 0.2) is 11.6 Å². The normalized spacial score (nSPS) is 25.7. The summed E-state index contributed by atoms with van der Waals surface area (Å²) in [5.41, 5.74) is -1.37. The fraction of sp³-hybridized carbons (Fsp3) is 0.400. The Kier molecular flexibility index (Phi) is 3.46. The van der Waals surface area contributed by atoms with Crippen LogP contribution in [0.1, 0.15) is 25.8 Å². The zero-order chi connectivity index (χ0) is 16.8. The molecule has 1 spiro atoms. The van der Waals surface area contributed by atoms with Gasteiger partial charge in [0.1, 0.15) is 11.6 Å². The molecule has 2 aliphatic heterocycles. The molecule has 0 aromatic heterocycles. The van der Waals surface area contributed by atoms with E-state index in [4.69, 9.17) is 9.47 Å². The van der Waals surface area contributed by atoms with E-state index in [0.29, 0.717) is 0 Å². The lowest BCUT2D eigenvalue weighted by Gasteiger charge is -2.36. The smallest absolute Gasteiger partial charge is 0.347 e. The molecule has 1 saturated heterocycles. The topological polar surface area (TPSA) is 93.7 Å². The van der Waals surface area contributed by atoms with Crippen LogP contribution in [0.3, 0.4) is 0 Å². The second kappa shape index (κ2) is 5.22. The lowest BCUT2D eigenvalue weighted by Crippen LogP contribution is -2.52. The fourth-order valence-corrected chi connectivity index (χ4v) is 2.79. The lowest BCUT2D eigenvalue weighted by atomic mass is 9.81. The number of carbonyl (C=O) groups is 3. The van der Waals surface area contributed by atoms with E-state index in [2.05, 4.69) is 10.6 Å². The molecule has 7 nitrogen and oxygen atoms in total. The van der Waals surface area contributed by atoms with E-state index in [-0.39, 0.29) is 23.8 Å². The Hall–Kier alpha value is -2.64. The number of benzene rings is 1. The highest BCUT2D eigenvalue weighted by Gasteiger charge is 2.55. The average Bonchev–Trinajstić information content (AvgIpc) is 2.73. The van der Waals surface area contributed by atoms with Gasteiger partial charge in [-0.1, -0.05) is 0 Å². The van der Waals surface area contributed by atoms with Gasteiger partial charge >= 0.3 is 12.0 Å². The number of rotatable bonds is 2. The summed E-state index contributed by atoms with van der Waals surface area (Å²) in [5, 5.41) is 4.61. The Morgan fingerprint density at radius 1 is 1.43 bits per heavy atom. The minimum Gasteiger partial charge on any atom is -0.478 e. The van der Waals surface area contributed by atoms with Crippen LogP contribution in [0.15, 0.2) is 18.2 Å². The first-order valence-electron chi connectivity index (χ1n) is 7.12. The van der Waals surface area contributed by atoms with Crippen molar-refractivity contribution in [2.75, 3.05) is 0 Å². The first-order valence-corrected chi connectivity index (χ1v) is 7.12. The molecule has 1 aromatic rings. The Labute approximate surface area is 131 Å². The largest absolute Gasteiger partial charge is 0.478 e. The van der Waals surface area contributed by atoms with E-state index >= 15 is 0 Å². The van der Waals surface area contributed by atoms with Crippen molar-refractivity contribution in [3.63, 3.8) is 0 Å². The quantitative estimate of drug-likeness (QED) is 0.625. The standard InChI is InChI=1S/C15H15FN2O5/c1-7(2)22-12(19)11-6-15(13(20)17-14(21)18-15)9-5-8(16)3-4-10(9)23-11/h3-5,7,11H,6H2,1-2H3,(H2,17,18,20,21)/t11-,15-/m0/s1. The second-order valence-corrected chi connectivity index (χ2v) is 5.75. The van der Waals surface area contributed by atoms with Crippen LogP contribution in [0, 0.1) is 5.82 Å². The zero-order valence-electron chi connectivity index (χ0n) is 12.5. The molecule has 2 N–H and O–H groups in total. The third-order valence-corrected chi connectivity index (χ3v) is 3.72. The molecular weight excluding hydrogens is 307 g/mol. The number of fused-ring (bicyclic) bond motifs is 2. The Morgan fingerprint density at radius 3 is 2.78 bits per heavy atom. The molecule has 0 unspecified atom stereocenters. The van der Waals surface area contributed by atoms with Crippen molar-refractivity contribution in [3.05, 3.63) is 29.6 Å². The molecule has 3 amide bonds. The minimum atomic E-state index is -1.55. The first kappa shape index (κ1) is 15.3. The summed E-state index contributed by atoms with van der Waals surface area (Å²) in [4.78, 5) is 36.0. The van der Waals surface area contributed by atoms with Crippen molar-refractivity contribution < 1.29 is 28.2 Å². The third-order valence-electron chi connectivity index (χ3n) is 3.72. The Bertz CT molecular complexity index is 705. The summed E-state index contributed by atoms with van der Waals surface area (Å²) >= 11 is 0. The van der Waals surface area contributed by atoms with E-state index in [1.54, 1.807) is 13.8 Å². The lowest BCUT2D eigenvalue weighted by molar-refractivity contribution is -0.158. The van der Waals surface area contributed by atoms with E-state index in [9.17, 15) is 18.8 Å². The number of ether oxygens (including phenoxy) is 2. The van der Waals surface area contributed by atoms with Crippen molar-refractivity contribution in [1.82, 2.24) is 10.6 Å². The van der Waals surface area contributed by atoms with Crippen LogP contribution in [0.2, 0.25) is 0 Å². The molecule has 2 atom stereocenters. The van der Waals surface area contributed by atoms with Crippen LogP contribution in [0.25, 0.3) is 0 Å². The fourth-order valence-electron chi connectivity index (χ4n) is 2.79. The highest BCUT2D eigenvalue weighted by molar-refractivity contribution is 6.08. The molecule has 2 aliphatic rings. The van der Waals surface area contributed by atoms with Crippen molar-refractivity contribution in [2.24, 2.45) is 0 Å². The van der Waals surface area contributed by atoms with Gasteiger partial charge in [0.2, 0.25) is 0 Å². The van der Waals surface area contributed by atoms with Crippen molar-refractivity contribution >= 4 is 17.9 Å². The van der Waals surface area contributed by atoms with Crippen molar-refractivity contribution in [3.8, 4) is 5.75 Å². The van der Waals surface area contributed by atoms with Gasteiger partial charge in [-0.25, -0.2) is 14.0 Å². The van der Waals surface area contributed by atoms with Crippen LogP contribution in [-0.2, 0) is 19.9 Å². The molecule has 23 heavy (non-hydrogen) atoms. The first-order chi connectivity index (χ1) is 10.8. The molecule has 1 aromatic carbocycles. The van der Waals surface area contributed by atoms with E-state index in [0.717, 1.165) is 12.1 Å². The molecule has 0 saturated carbocycles. The number of carbonyl (C=O) groups excluding carboxylic acids is 3. The molecule has 122 valence electrons. The number of urea groups is 1. The molecule has 0 bridgehead atoms. The van der Waals surface area contributed by atoms with Gasteiger partial charge in [-0.3, -0.25) is 10.1 Å². The number of esters is 1. The summed E-state index contributed by atoms with van der Waals surface area (Å²) in [7, 11) is 0. The summed E-state index contributed by atoms with van der Waals surface area (Å²) in [6.45, 7) is 3.37. The monoisotopic (exact) mass is 322 g/mol. The van der Waals surface area contributed by atoms with Gasteiger partial charge in [0.05, 0.1) is 6.10 Å². The number of nitrogens with one attached hydrogen (secondary N) is 2. The van der Waals surface area contributed by atoms with Crippen LogP contribution in [-0.4, -0.2) is 30.1 Å². The van der Waals surface area contributed by atoms with Gasteiger partial charge in [0.25, 0.3) is 5.91 Å². The molecule has 0 radical (unpaired) electrons. The second-order valence-electron chi connectivity index (χ2n) is 5.75. The molecule has 2 heterocycles. The minimum absolute atomic E-state index is 0.153. The maximum absolute atomic E-state index is 13.6. The summed E-state index contributed by atoms with van der Waals surface area (Å²) < 4.78 is 24.2. The van der Waals surface area contributed by atoms with Gasteiger partial charge < -0.3 is 14.8 Å². The van der Waals surface area contributed by atoms with E-state index in [1.807, 2.05) is 0 Å². The summed E-state index contributed by atoms with van der Waals surface area (Å²) in [6.07, 6.45) is -1.62. The predicted octanol–water partition coefficient (Wildman–Crippen LogP) is 0.963. The molecule has 1 fully saturated rings. The van der Waals surface area contributed by atoms with Crippen molar-refractivity contribution in [1.29, 1.82) is 0 Å². The van der Waals surface area contributed by atoms with Crippen LogP contribution in [0.4, 0.5) is 9.18 Å². The molecule has 8 heteroatoms. The van der Waals surface area contributed by atoms with Gasteiger partial charge in [0, 0.05) is 12.0 Å². The van der Waals surface area contributed by atoms with Crippen LogP contribution >= 0.6 is 0 Å². The summed E-state index contributed by atoms with van der Waals surface area (Å²) in [6, 6.07) is 2.88. The maximum atomic E-state index is 13.6. The van der Waals surface area contributed by atoms with Gasteiger partial charge in [-0.2, -0.15) is 0 Å². The molecular formula is C15H15FN2O5. The predicted molar refractivity (Wildman–Crippen MR) is 75.0 cm³/mol. The number of amides is 3. The third kappa shape index (κ3) is 2.49. The van der Waals surface area contributed by atoms with Crippen LogP contribution < -0.4 is 15.4 Å². The van der Waals surface area contributed by atoms with E-state index in [1.165, 1.54) is 6.07 Å². The maximum Gasteiger partial charge on any atom is 0.347 e. The van der Waals surface area contributed by atoms with Crippen molar-refractivity contribution in [2.45, 2.75) is 38.0 Å². The average molecular weight is 322 g/mol. The van der Waals surface area contributed by atoms with E-state index < -0.39 is 35.4 Å².